The molecule has 252 valence electrons. The normalized spacial score (nSPS) is 16.7. The molecule has 1 atom stereocenters. The number of thioether (sulfide) groups is 2. The SMILES string of the molecule is CCSC(SCC)[C@@H]1CCCN1C(=O)c1cc(OC)c(OCCCOc2ccc(/C=C/C(=O)N3CCOCC3)cc2OC)cc1N. The molecule has 10 nitrogen and oxygen atoms in total. The smallest absolute Gasteiger partial charge is 0.256 e. The number of nitrogens with zero attached hydrogens (tertiary/aromatic N) is 2. The van der Waals surface area contributed by atoms with Gasteiger partial charge in [-0.05, 0) is 54.2 Å². The molecular formula is C34H47N3O7S2. The number of nitrogen functional groups attached to an aromatic ring is 1. The highest BCUT2D eigenvalue weighted by Gasteiger charge is 2.36. The second-order valence-corrected chi connectivity index (χ2v) is 13.9. The van der Waals surface area contributed by atoms with Crippen LogP contribution in [0.25, 0.3) is 6.08 Å². The lowest BCUT2D eigenvalue weighted by molar-refractivity contribution is -0.129. The van der Waals surface area contributed by atoms with Crippen LogP contribution in [0.15, 0.2) is 36.4 Å². The Balaban J connectivity index is 1.31. The molecule has 46 heavy (non-hydrogen) atoms. The van der Waals surface area contributed by atoms with E-state index in [9.17, 15) is 9.59 Å². The Kier molecular flexibility index (Phi) is 14.1. The molecule has 2 N–H and O–H groups in total. The summed E-state index contributed by atoms with van der Waals surface area (Å²) in [5.41, 5.74) is 8.06. The van der Waals surface area contributed by atoms with Crippen molar-refractivity contribution in [3.8, 4) is 23.0 Å². The lowest BCUT2D eigenvalue weighted by Crippen LogP contribution is -2.41. The van der Waals surface area contributed by atoms with Crippen LogP contribution in [0.1, 0.15) is 49.0 Å². The number of carbonyl (C=O) groups is 2. The van der Waals surface area contributed by atoms with Crippen molar-refractivity contribution < 1.29 is 33.3 Å². The van der Waals surface area contributed by atoms with E-state index in [4.69, 9.17) is 29.4 Å². The van der Waals surface area contributed by atoms with Gasteiger partial charge in [0.1, 0.15) is 0 Å². The van der Waals surface area contributed by atoms with Gasteiger partial charge in [0.25, 0.3) is 5.91 Å². The molecule has 0 spiro atoms. The number of hydrogen-bond acceptors (Lipinski definition) is 10. The summed E-state index contributed by atoms with van der Waals surface area (Å²) in [7, 11) is 3.14. The predicted octanol–water partition coefficient (Wildman–Crippen LogP) is 5.44. The van der Waals surface area contributed by atoms with Crippen molar-refractivity contribution in [2.75, 3.05) is 77.5 Å². The Bertz CT molecular complexity index is 1330. The van der Waals surface area contributed by atoms with Gasteiger partial charge in [0.2, 0.25) is 5.91 Å². The molecule has 0 aliphatic carbocycles. The molecule has 0 radical (unpaired) electrons. The Morgan fingerprint density at radius 2 is 1.63 bits per heavy atom. The first-order valence-electron chi connectivity index (χ1n) is 15.9. The lowest BCUT2D eigenvalue weighted by atomic mass is 10.1. The van der Waals surface area contributed by atoms with Crippen LogP contribution in [0.5, 0.6) is 23.0 Å². The lowest BCUT2D eigenvalue weighted by Gasteiger charge is -2.31. The third kappa shape index (κ3) is 9.42. The molecule has 2 amide bonds. The standard InChI is InChI=1S/C34H47N3O7S2/c1-5-45-34(46-6-2)27-9-7-14-37(27)33(39)25-22-30(41-4)31(23-26(25)35)44-18-8-17-43-28-12-10-24(21-29(28)40-3)11-13-32(38)36-15-19-42-20-16-36/h10-13,21-23,27,34H,5-9,14-20,35H2,1-4H3/b13-11+/t27-/m0/s1. The van der Waals surface area contributed by atoms with Gasteiger partial charge in [-0.1, -0.05) is 19.9 Å². The Morgan fingerprint density at radius 1 is 0.957 bits per heavy atom. The fourth-order valence-corrected chi connectivity index (χ4v) is 8.37. The highest BCUT2D eigenvalue weighted by molar-refractivity contribution is 8.17. The fraction of sp³-hybridized carbons (Fsp3) is 0.529. The molecule has 0 bridgehead atoms. The molecule has 0 unspecified atom stereocenters. The summed E-state index contributed by atoms with van der Waals surface area (Å²) >= 11 is 3.82. The number of ether oxygens (including phenoxy) is 5. The van der Waals surface area contributed by atoms with E-state index >= 15 is 0 Å². The van der Waals surface area contributed by atoms with Gasteiger partial charge >= 0.3 is 0 Å². The molecule has 2 aliphatic heterocycles. The molecule has 2 aromatic carbocycles. The van der Waals surface area contributed by atoms with E-state index in [0.29, 0.717) is 84.8 Å². The van der Waals surface area contributed by atoms with Crippen LogP contribution >= 0.6 is 23.5 Å². The quantitative estimate of drug-likeness (QED) is 0.107. The fourth-order valence-electron chi connectivity index (χ4n) is 5.50. The number of amides is 2. The first-order chi connectivity index (χ1) is 22.4. The van der Waals surface area contributed by atoms with Gasteiger partial charge in [-0.2, -0.15) is 0 Å². The maximum atomic E-state index is 13.7. The maximum absolute atomic E-state index is 13.7. The summed E-state index contributed by atoms with van der Waals surface area (Å²) in [5.74, 6) is 4.05. The Labute approximate surface area is 281 Å². The average Bonchev–Trinajstić information content (AvgIpc) is 3.57. The number of carbonyl (C=O) groups excluding carboxylic acids is 2. The van der Waals surface area contributed by atoms with E-state index in [-0.39, 0.29) is 17.9 Å². The van der Waals surface area contributed by atoms with Crippen molar-refractivity contribution in [1.29, 1.82) is 0 Å². The van der Waals surface area contributed by atoms with Crippen molar-refractivity contribution in [2.24, 2.45) is 0 Å². The molecule has 12 heteroatoms. The maximum Gasteiger partial charge on any atom is 0.256 e. The first kappa shape index (κ1) is 35.6. The van der Waals surface area contributed by atoms with Gasteiger partial charge in [0.05, 0.1) is 56.8 Å². The number of anilines is 1. The summed E-state index contributed by atoms with van der Waals surface area (Å²) in [6.07, 6.45) is 5.92. The van der Waals surface area contributed by atoms with Gasteiger partial charge in [0, 0.05) is 43.9 Å². The molecule has 2 heterocycles. The van der Waals surface area contributed by atoms with Crippen LogP contribution in [0.2, 0.25) is 0 Å². The topological polar surface area (TPSA) is 113 Å². The summed E-state index contributed by atoms with van der Waals surface area (Å²) in [5, 5.41) is 0. The number of nitrogens with two attached hydrogens (primary N) is 1. The van der Waals surface area contributed by atoms with E-state index in [1.165, 1.54) is 0 Å². The second-order valence-electron chi connectivity index (χ2n) is 10.8. The van der Waals surface area contributed by atoms with Crippen molar-refractivity contribution in [3.05, 3.63) is 47.5 Å². The number of rotatable bonds is 16. The largest absolute Gasteiger partial charge is 0.493 e. The first-order valence-corrected chi connectivity index (χ1v) is 18.0. The third-order valence-electron chi connectivity index (χ3n) is 7.83. The monoisotopic (exact) mass is 673 g/mol. The second kappa shape index (κ2) is 18.2. The van der Waals surface area contributed by atoms with Gasteiger partial charge < -0.3 is 39.2 Å². The molecule has 2 fully saturated rings. The highest BCUT2D eigenvalue weighted by Crippen LogP contribution is 2.38. The zero-order valence-electron chi connectivity index (χ0n) is 27.3. The average molecular weight is 674 g/mol. The Morgan fingerprint density at radius 3 is 2.30 bits per heavy atom. The van der Waals surface area contributed by atoms with E-state index in [0.717, 1.165) is 36.5 Å². The Hall–Kier alpha value is -3.22. The van der Waals surface area contributed by atoms with Crippen LogP contribution in [-0.2, 0) is 9.53 Å². The summed E-state index contributed by atoms with van der Waals surface area (Å²) in [4.78, 5) is 29.9. The van der Waals surface area contributed by atoms with Gasteiger partial charge in [0.15, 0.2) is 23.0 Å². The van der Waals surface area contributed by atoms with Crippen molar-refractivity contribution in [3.63, 3.8) is 0 Å². The van der Waals surface area contributed by atoms with Crippen LogP contribution in [0, 0.1) is 0 Å². The van der Waals surface area contributed by atoms with Crippen LogP contribution in [0.4, 0.5) is 5.69 Å². The molecule has 2 saturated heterocycles. The van der Waals surface area contributed by atoms with Crippen molar-refractivity contribution >= 4 is 47.1 Å². The van der Waals surface area contributed by atoms with Gasteiger partial charge in [-0.3, -0.25) is 9.59 Å². The minimum atomic E-state index is -0.0594. The number of hydrogen-bond donors (Lipinski definition) is 1. The molecule has 0 aromatic heterocycles. The zero-order chi connectivity index (χ0) is 32.9. The van der Waals surface area contributed by atoms with Crippen molar-refractivity contribution in [2.45, 2.75) is 43.7 Å². The van der Waals surface area contributed by atoms with Crippen LogP contribution in [0.3, 0.4) is 0 Å². The van der Waals surface area contributed by atoms with E-state index < -0.39 is 0 Å². The van der Waals surface area contributed by atoms with Crippen LogP contribution in [-0.4, -0.2) is 104 Å². The number of likely N-dealkylation sites (tertiary alicyclic amines) is 1. The van der Waals surface area contributed by atoms with Gasteiger partial charge in [-0.15, -0.1) is 23.5 Å². The molecule has 2 aromatic rings. The zero-order valence-corrected chi connectivity index (χ0v) is 29.0. The van der Waals surface area contributed by atoms with E-state index in [1.54, 1.807) is 43.4 Å². The number of benzene rings is 2. The number of methoxy groups -OCH3 is 2. The predicted molar refractivity (Wildman–Crippen MR) is 187 cm³/mol. The summed E-state index contributed by atoms with van der Waals surface area (Å²) < 4.78 is 28.8. The summed E-state index contributed by atoms with van der Waals surface area (Å²) in [6.45, 7) is 8.13. The highest BCUT2D eigenvalue weighted by atomic mass is 32.2. The van der Waals surface area contributed by atoms with E-state index in [1.807, 2.05) is 46.6 Å². The molecule has 0 saturated carbocycles. The number of morpholine rings is 1. The molecule has 2 aliphatic rings. The molecule has 4 rings (SSSR count). The minimum absolute atomic E-state index is 0.0382. The molecular weight excluding hydrogens is 627 g/mol. The third-order valence-corrected chi connectivity index (χ3v) is 10.6. The minimum Gasteiger partial charge on any atom is -0.493 e. The van der Waals surface area contributed by atoms with Crippen LogP contribution < -0.4 is 24.7 Å². The van der Waals surface area contributed by atoms with E-state index in [2.05, 4.69) is 13.8 Å². The summed E-state index contributed by atoms with van der Waals surface area (Å²) in [6, 6.07) is 9.09. The van der Waals surface area contributed by atoms with Gasteiger partial charge in [-0.25, -0.2) is 0 Å². The van der Waals surface area contributed by atoms with Crippen molar-refractivity contribution in [1.82, 2.24) is 9.80 Å².